The second-order valence-corrected chi connectivity index (χ2v) is 7.50. The Labute approximate surface area is 192 Å². The maximum Gasteiger partial charge on any atom is 0.326 e. The fraction of sp³-hybridized carbons (Fsp3) is 0.300. The van der Waals surface area contributed by atoms with Crippen LogP contribution >= 0.6 is 0 Å². The maximum atomic E-state index is 12.3. The number of hydrogen-bond acceptors (Lipinski definition) is 9. The number of hydrogen-bond donors (Lipinski definition) is 7. The minimum atomic E-state index is -1.32. The molecule has 14 heteroatoms. The van der Waals surface area contributed by atoms with Gasteiger partial charge in [0.25, 0.3) is 11.5 Å². The van der Waals surface area contributed by atoms with Crippen LogP contribution in [-0.2, 0) is 14.4 Å². The third-order valence-electron chi connectivity index (χ3n) is 5.04. The summed E-state index contributed by atoms with van der Waals surface area (Å²) in [4.78, 5) is 65.4. The number of rotatable bonds is 10. The van der Waals surface area contributed by atoms with Crippen molar-refractivity contribution in [3.63, 3.8) is 0 Å². The van der Waals surface area contributed by atoms with Gasteiger partial charge in [0.15, 0.2) is 11.5 Å². The number of anilines is 4. The molecule has 0 saturated carbocycles. The first kappa shape index (κ1) is 24.0. The topological polar surface area (TPSA) is 220 Å². The number of H-pyrrole nitrogens is 1. The molecular weight excluding hydrogens is 450 g/mol. The van der Waals surface area contributed by atoms with Crippen molar-refractivity contribution in [2.75, 3.05) is 34.4 Å². The number of carboxylic acids is 2. The summed E-state index contributed by atoms with van der Waals surface area (Å²) in [6, 6.07) is 4.56. The maximum absolute atomic E-state index is 12.3. The number of nitrogens with two attached hydrogens (primary N) is 1. The molecule has 0 unspecified atom stereocenters. The van der Waals surface area contributed by atoms with Crippen LogP contribution in [0.1, 0.15) is 23.2 Å². The standard InChI is InChI=1S/C20H23N7O7/c21-20-25-16-15(18(32)26-20)27(9-28)8-12(23-16)7-22-11-3-1-10(2-4-11)17(31)24-13(19(33)34)5-6-14(29)30/h1-4,9,12-13,22H,5-8H2,(H,24,31)(H,29,30)(H,33,34)(H4,21,23,25,26,32)/t12-,13+/m0/s1. The molecule has 1 aromatic heterocycles. The van der Waals surface area contributed by atoms with Crippen LogP contribution in [0.4, 0.5) is 23.1 Å². The highest BCUT2D eigenvalue weighted by Crippen LogP contribution is 2.24. The predicted octanol–water partition coefficient (Wildman–Crippen LogP) is -0.731. The summed E-state index contributed by atoms with van der Waals surface area (Å²) < 4.78 is 0. The van der Waals surface area contributed by atoms with Crippen LogP contribution < -0.4 is 32.1 Å². The quantitative estimate of drug-likeness (QED) is 0.213. The summed E-state index contributed by atoms with van der Waals surface area (Å²) in [6.45, 7) is 0.533. The molecule has 1 aliphatic heterocycles. The number of carbonyl (C=O) groups excluding carboxylic acids is 2. The molecule has 8 N–H and O–H groups in total. The highest BCUT2D eigenvalue weighted by atomic mass is 16.4. The van der Waals surface area contributed by atoms with E-state index in [1.54, 1.807) is 12.1 Å². The van der Waals surface area contributed by atoms with Gasteiger partial charge in [-0.1, -0.05) is 0 Å². The zero-order valence-electron chi connectivity index (χ0n) is 17.8. The molecule has 1 aromatic carbocycles. The number of carboxylic acid groups (broad SMARTS) is 2. The van der Waals surface area contributed by atoms with E-state index in [0.29, 0.717) is 18.6 Å². The number of amides is 2. The van der Waals surface area contributed by atoms with Crippen molar-refractivity contribution < 1.29 is 29.4 Å². The van der Waals surface area contributed by atoms with Crippen LogP contribution in [0.5, 0.6) is 0 Å². The monoisotopic (exact) mass is 473 g/mol. The fourth-order valence-electron chi connectivity index (χ4n) is 3.38. The lowest BCUT2D eigenvalue weighted by atomic mass is 10.1. The van der Waals surface area contributed by atoms with Crippen molar-refractivity contribution in [1.82, 2.24) is 15.3 Å². The van der Waals surface area contributed by atoms with Crippen molar-refractivity contribution in [2.45, 2.75) is 24.9 Å². The van der Waals surface area contributed by atoms with E-state index in [4.69, 9.17) is 15.9 Å². The van der Waals surface area contributed by atoms with Gasteiger partial charge in [-0.2, -0.15) is 4.98 Å². The summed E-state index contributed by atoms with van der Waals surface area (Å²) in [6.07, 6.45) is -0.0937. The minimum Gasteiger partial charge on any atom is -0.481 e. The third kappa shape index (κ3) is 5.79. The van der Waals surface area contributed by atoms with Gasteiger partial charge in [-0.25, -0.2) is 4.79 Å². The number of nitrogen functional groups attached to an aromatic ring is 1. The lowest BCUT2D eigenvalue weighted by Crippen LogP contribution is -2.47. The van der Waals surface area contributed by atoms with Crippen LogP contribution in [0, 0.1) is 0 Å². The first-order chi connectivity index (χ1) is 16.2. The molecule has 0 aliphatic carbocycles. The lowest BCUT2D eigenvalue weighted by Gasteiger charge is -2.32. The molecular formula is C20H23N7O7. The molecule has 1 aliphatic rings. The number of nitrogens with one attached hydrogen (secondary N) is 4. The van der Waals surface area contributed by atoms with E-state index in [1.807, 2.05) is 0 Å². The first-order valence-electron chi connectivity index (χ1n) is 10.2. The molecule has 2 amide bonds. The van der Waals surface area contributed by atoms with E-state index in [9.17, 15) is 24.0 Å². The summed E-state index contributed by atoms with van der Waals surface area (Å²) in [5, 5.41) is 26.4. The average molecular weight is 473 g/mol. The Kier molecular flexibility index (Phi) is 7.30. The van der Waals surface area contributed by atoms with Gasteiger partial charge in [0.1, 0.15) is 6.04 Å². The minimum absolute atomic E-state index is 0.0823. The number of fused-ring (bicyclic) bond motifs is 1. The molecule has 0 saturated heterocycles. The smallest absolute Gasteiger partial charge is 0.326 e. The van der Waals surface area contributed by atoms with Gasteiger partial charge in [0.05, 0.1) is 6.04 Å². The van der Waals surface area contributed by atoms with Gasteiger partial charge in [-0.15, -0.1) is 0 Å². The van der Waals surface area contributed by atoms with Crippen molar-refractivity contribution in [3.8, 4) is 0 Å². The first-order valence-corrected chi connectivity index (χ1v) is 10.2. The second kappa shape index (κ2) is 10.3. The molecule has 0 bridgehead atoms. The van der Waals surface area contributed by atoms with E-state index < -0.39 is 35.9 Å². The zero-order chi connectivity index (χ0) is 24.8. The summed E-state index contributed by atoms with van der Waals surface area (Å²) >= 11 is 0. The molecule has 34 heavy (non-hydrogen) atoms. The average Bonchev–Trinajstić information content (AvgIpc) is 2.79. The van der Waals surface area contributed by atoms with Crippen LogP contribution in [0.2, 0.25) is 0 Å². The van der Waals surface area contributed by atoms with E-state index in [1.165, 1.54) is 17.0 Å². The van der Waals surface area contributed by atoms with E-state index in [-0.39, 0.29) is 42.0 Å². The number of benzene rings is 1. The number of nitrogens with zero attached hydrogens (tertiary/aromatic N) is 2. The van der Waals surface area contributed by atoms with Crippen molar-refractivity contribution >= 4 is 47.4 Å². The Morgan fingerprint density at radius 3 is 2.59 bits per heavy atom. The molecule has 0 radical (unpaired) electrons. The normalized spacial score (nSPS) is 15.4. The predicted molar refractivity (Wildman–Crippen MR) is 121 cm³/mol. The molecule has 2 heterocycles. The molecule has 0 fully saturated rings. The molecule has 3 rings (SSSR count). The fourth-order valence-corrected chi connectivity index (χ4v) is 3.38. The van der Waals surface area contributed by atoms with Crippen molar-refractivity contribution in [1.29, 1.82) is 0 Å². The van der Waals surface area contributed by atoms with Crippen LogP contribution in [0.3, 0.4) is 0 Å². The third-order valence-corrected chi connectivity index (χ3v) is 5.04. The lowest BCUT2D eigenvalue weighted by molar-refractivity contribution is -0.140. The summed E-state index contributed by atoms with van der Waals surface area (Å²) in [5.74, 6) is -3.02. The van der Waals surface area contributed by atoms with Gasteiger partial charge in [-0.05, 0) is 30.7 Å². The van der Waals surface area contributed by atoms with Crippen LogP contribution in [0.25, 0.3) is 0 Å². The largest absolute Gasteiger partial charge is 0.481 e. The van der Waals surface area contributed by atoms with E-state index >= 15 is 0 Å². The van der Waals surface area contributed by atoms with E-state index in [2.05, 4.69) is 25.9 Å². The summed E-state index contributed by atoms with van der Waals surface area (Å²) in [5.41, 5.74) is 5.96. The Hall–Kier alpha value is -4.62. The van der Waals surface area contributed by atoms with Crippen LogP contribution in [-0.4, -0.2) is 69.6 Å². The van der Waals surface area contributed by atoms with Gasteiger partial charge in [-0.3, -0.25) is 24.2 Å². The number of aliphatic carboxylic acids is 2. The molecule has 0 spiro atoms. The highest BCUT2D eigenvalue weighted by Gasteiger charge is 2.28. The number of aromatic nitrogens is 2. The van der Waals surface area contributed by atoms with Crippen LogP contribution in [0.15, 0.2) is 29.1 Å². The Balaban J connectivity index is 1.60. The van der Waals surface area contributed by atoms with Gasteiger partial charge in [0, 0.05) is 30.8 Å². The zero-order valence-corrected chi connectivity index (χ0v) is 17.8. The Bertz CT molecular complexity index is 1150. The number of aromatic amines is 1. The summed E-state index contributed by atoms with van der Waals surface area (Å²) in [7, 11) is 0. The van der Waals surface area contributed by atoms with Gasteiger partial charge >= 0.3 is 11.9 Å². The number of carbonyl (C=O) groups is 4. The second-order valence-electron chi connectivity index (χ2n) is 7.50. The molecule has 14 nitrogen and oxygen atoms in total. The van der Waals surface area contributed by atoms with Crippen molar-refractivity contribution in [3.05, 3.63) is 40.2 Å². The van der Waals surface area contributed by atoms with Crippen molar-refractivity contribution in [2.24, 2.45) is 0 Å². The Morgan fingerprint density at radius 1 is 1.26 bits per heavy atom. The van der Waals surface area contributed by atoms with Gasteiger partial charge < -0.3 is 36.8 Å². The molecule has 180 valence electrons. The highest BCUT2D eigenvalue weighted by molar-refractivity contribution is 5.97. The van der Waals surface area contributed by atoms with E-state index in [0.717, 1.165) is 0 Å². The molecule has 2 atom stereocenters. The van der Waals surface area contributed by atoms with Gasteiger partial charge in [0.2, 0.25) is 12.4 Å². The SMILES string of the molecule is Nc1nc2c(c(=O)[nH]1)N(C=O)C[C@H](CNc1ccc(C(=O)N[C@H](CCC(=O)O)C(=O)O)cc1)N2. The Morgan fingerprint density at radius 2 is 1.97 bits per heavy atom. The molecule has 2 aromatic rings.